The molecule has 1 N–H and O–H groups in total. The van der Waals surface area contributed by atoms with Crippen molar-refractivity contribution in [2.45, 2.75) is 26.4 Å². The number of methoxy groups -OCH3 is 2. The van der Waals surface area contributed by atoms with Gasteiger partial charge in [-0.3, -0.25) is 4.55 Å². The van der Waals surface area contributed by atoms with E-state index in [2.05, 4.69) is 6.92 Å². The van der Waals surface area contributed by atoms with Gasteiger partial charge in [0.05, 0.1) is 18.1 Å². The summed E-state index contributed by atoms with van der Waals surface area (Å²) in [5, 5.41) is 0. The lowest BCUT2D eigenvalue weighted by molar-refractivity contribution is 0.0130. The monoisotopic (exact) mass is 364 g/mol. The lowest BCUT2D eigenvalue weighted by Crippen LogP contribution is -2.27. The Morgan fingerprint density at radius 2 is 1.84 bits per heavy atom. The number of allylic oxidation sites excluding steroid dienone is 3. The quantitative estimate of drug-likeness (QED) is 0.826. The zero-order valence-corrected chi connectivity index (χ0v) is 15.7. The summed E-state index contributed by atoms with van der Waals surface area (Å²) in [6.45, 7) is 4.08. The smallest absolute Gasteiger partial charge is 0.290 e. The van der Waals surface area contributed by atoms with Gasteiger partial charge in [-0.05, 0) is 41.4 Å². The molecular weight excluding hydrogens is 340 g/mol. The van der Waals surface area contributed by atoms with Gasteiger partial charge in [0.2, 0.25) is 0 Å². The second kappa shape index (κ2) is 6.59. The predicted molar refractivity (Wildman–Crippen MR) is 96.2 cm³/mol. The van der Waals surface area contributed by atoms with Crippen LogP contribution in [0.5, 0.6) is 0 Å². The Morgan fingerprint density at radius 1 is 1.16 bits per heavy atom. The normalized spacial score (nSPS) is 29.4. The summed E-state index contributed by atoms with van der Waals surface area (Å²) >= 11 is 0. The molecule has 3 rings (SSSR count). The lowest BCUT2D eigenvalue weighted by Gasteiger charge is -2.33. The first kappa shape index (κ1) is 18.2. The number of rotatable bonds is 3. The highest BCUT2D eigenvalue weighted by molar-refractivity contribution is 7.89. The predicted octanol–water partition coefficient (Wildman–Crippen LogP) is 3.81. The van der Waals surface area contributed by atoms with Gasteiger partial charge in [-0.2, -0.15) is 8.42 Å². The summed E-state index contributed by atoms with van der Waals surface area (Å²) < 4.78 is 44.9. The van der Waals surface area contributed by atoms with Gasteiger partial charge in [-0.1, -0.05) is 38.1 Å². The molecule has 5 nitrogen and oxygen atoms in total. The standard InChI is InChI=1S/C19H24O5S/c1-11-9-13(25(20,21)22)10-16-12(2)17(11)19(24-4)15-8-6-5-7-14(15)18(16)23-3/h5-8,10-12,17,19H,9H2,1-4H3,(H,20,21,22). The summed E-state index contributed by atoms with van der Waals surface area (Å²) in [7, 11) is -0.991. The van der Waals surface area contributed by atoms with E-state index in [0.717, 1.165) is 16.7 Å². The summed E-state index contributed by atoms with van der Waals surface area (Å²) in [5.74, 6) is 0.726. The first-order valence-electron chi connectivity index (χ1n) is 8.37. The van der Waals surface area contributed by atoms with Gasteiger partial charge in [-0.25, -0.2) is 0 Å². The summed E-state index contributed by atoms with van der Waals surface area (Å²) in [4.78, 5) is 0.0353. The van der Waals surface area contributed by atoms with Crippen molar-refractivity contribution in [1.82, 2.24) is 0 Å². The van der Waals surface area contributed by atoms with E-state index in [9.17, 15) is 13.0 Å². The van der Waals surface area contributed by atoms with Gasteiger partial charge >= 0.3 is 0 Å². The fourth-order valence-electron chi connectivity index (χ4n) is 4.36. The van der Waals surface area contributed by atoms with Crippen LogP contribution in [-0.2, 0) is 19.6 Å². The first-order chi connectivity index (χ1) is 11.8. The van der Waals surface area contributed by atoms with Crippen molar-refractivity contribution in [3.05, 3.63) is 51.9 Å². The zero-order valence-electron chi connectivity index (χ0n) is 14.9. The van der Waals surface area contributed by atoms with Gasteiger partial charge in [0.15, 0.2) is 0 Å². The van der Waals surface area contributed by atoms with E-state index < -0.39 is 10.1 Å². The number of ether oxygens (including phenoxy) is 2. The van der Waals surface area contributed by atoms with Crippen molar-refractivity contribution in [3.63, 3.8) is 0 Å². The lowest BCUT2D eigenvalue weighted by atomic mass is 9.76. The molecule has 2 aliphatic rings. The van der Waals surface area contributed by atoms with Crippen LogP contribution in [0.2, 0.25) is 0 Å². The Morgan fingerprint density at radius 3 is 2.44 bits per heavy atom. The van der Waals surface area contributed by atoms with Crippen molar-refractivity contribution in [3.8, 4) is 0 Å². The van der Waals surface area contributed by atoms with Crippen LogP contribution in [0, 0.1) is 17.8 Å². The molecule has 25 heavy (non-hydrogen) atoms. The Hall–Kier alpha value is -1.63. The largest absolute Gasteiger partial charge is 0.496 e. The van der Waals surface area contributed by atoms with Crippen LogP contribution in [0.1, 0.15) is 37.5 Å². The van der Waals surface area contributed by atoms with Crippen LogP contribution < -0.4 is 0 Å². The van der Waals surface area contributed by atoms with Crippen LogP contribution in [-0.4, -0.2) is 27.2 Å². The van der Waals surface area contributed by atoms with Gasteiger partial charge in [0.25, 0.3) is 10.1 Å². The number of hydrogen-bond donors (Lipinski definition) is 1. The molecule has 0 saturated heterocycles. The van der Waals surface area contributed by atoms with E-state index in [1.807, 2.05) is 31.2 Å². The first-order valence-corrected chi connectivity index (χ1v) is 9.81. The second-order valence-electron chi connectivity index (χ2n) is 6.87. The molecule has 0 aliphatic heterocycles. The maximum atomic E-state index is 11.9. The molecule has 4 unspecified atom stereocenters. The Labute approximate surface area is 149 Å². The van der Waals surface area contributed by atoms with Crippen LogP contribution in [0.15, 0.2) is 40.8 Å². The molecule has 6 heteroatoms. The molecule has 0 saturated carbocycles. The van der Waals surface area contributed by atoms with Crippen LogP contribution >= 0.6 is 0 Å². The molecule has 1 aromatic rings. The van der Waals surface area contributed by atoms with Crippen molar-refractivity contribution < 1.29 is 22.4 Å². The third-order valence-corrected chi connectivity index (χ3v) is 6.42. The van der Waals surface area contributed by atoms with E-state index in [1.165, 1.54) is 0 Å². The van der Waals surface area contributed by atoms with Gasteiger partial charge in [0.1, 0.15) is 5.76 Å². The highest BCUT2D eigenvalue weighted by atomic mass is 32.2. The SMILES string of the molecule is COC1=C2C=C(S(=O)(=O)O)CC(C)C(C2C)C(OC)c2ccccc21. The third-order valence-electron chi connectivity index (χ3n) is 5.48. The molecule has 0 heterocycles. The summed E-state index contributed by atoms with van der Waals surface area (Å²) in [6.07, 6.45) is 1.68. The number of fused-ring (bicyclic) bond motifs is 3. The molecule has 4 atom stereocenters. The van der Waals surface area contributed by atoms with E-state index in [4.69, 9.17) is 9.47 Å². The maximum absolute atomic E-state index is 11.9. The minimum Gasteiger partial charge on any atom is -0.496 e. The molecule has 0 radical (unpaired) electrons. The minimum atomic E-state index is -4.26. The van der Waals surface area contributed by atoms with Gasteiger partial charge in [0, 0.05) is 12.7 Å². The average Bonchev–Trinajstić information content (AvgIpc) is 2.75. The highest BCUT2D eigenvalue weighted by Crippen LogP contribution is 2.50. The maximum Gasteiger partial charge on any atom is 0.290 e. The average molecular weight is 364 g/mol. The summed E-state index contributed by atoms with van der Waals surface area (Å²) in [6, 6.07) is 7.89. The minimum absolute atomic E-state index is 0.00915. The number of hydrogen-bond acceptors (Lipinski definition) is 4. The fraction of sp³-hybridized carbons (Fsp3) is 0.474. The summed E-state index contributed by atoms with van der Waals surface area (Å²) in [5.41, 5.74) is 2.74. The van der Waals surface area contributed by atoms with E-state index in [-0.39, 0.29) is 35.2 Å². The van der Waals surface area contributed by atoms with Crippen molar-refractivity contribution in [2.75, 3.05) is 14.2 Å². The molecule has 1 aromatic carbocycles. The Balaban J connectivity index is 2.37. The third kappa shape index (κ3) is 3.03. The molecule has 2 bridgehead atoms. The molecule has 2 aliphatic carbocycles. The number of benzene rings is 1. The van der Waals surface area contributed by atoms with E-state index in [1.54, 1.807) is 20.3 Å². The van der Waals surface area contributed by atoms with Gasteiger partial charge < -0.3 is 9.47 Å². The van der Waals surface area contributed by atoms with Gasteiger partial charge in [-0.15, -0.1) is 0 Å². The van der Waals surface area contributed by atoms with Crippen LogP contribution in [0.4, 0.5) is 0 Å². The van der Waals surface area contributed by atoms with E-state index in [0.29, 0.717) is 5.76 Å². The van der Waals surface area contributed by atoms with Crippen molar-refractivity contribution in [2.24, 2.45) is 17.8 Å². The molecule has 0 fully saturated rings. The zero-order chi connectivity index (χ0) is 18.4. The van der Waals surface area contributed by atoms with E-state index >= 15 is 0 Å². The molecule has 136 valence electrons. The molecule has 0 amide bonds. The van der Waals surface area contributed by atoms with Crippen LogP contribution in [0.25, 0.3) is 5.76 Å². The fourth-order valence-corrected chi connectivity index (χ4v) is 5.11. The van der Waals surface area contributed by atoms with Crippen molar-refractivity contribution in [1.29, 1.82) is 0 Å². The van der Waals surface area contributed by atoms with Crippen LogP contribution in [0.3, 0.4) is 0 Å². The molecule has 0 spiro atoms. The molecule has 0 aromatic heterocycles. The van der Waals surface area contributed by atoms with Crippen molar-refractivity contribution >= 4 is 15.9 Å². The molecular formula is C19H24O5S. The second-order valence-corrected chi connectivity index (χ2v) is 8.34. The highest BCUT2D eigenvalue weighted by Gasteiger charge is 2.42. The Bertz CT molecular complexity index is 837. The Kier molecular flexibility index (Phi) is 4.79. The topological polar surface area (TPSA) is 72.8 Å².